The molecule has 2 aromatic rings. The monoisotopic (exact) mass is 261 g/mol. The van der Waals surface area contributed by atoms with E-state index in [0.717, 1.165) is 11.3 Å². The molecule has 2 aromatic heterocycles. The first-order valence-corrected chi connectivity index (χ1v) is 5.86. The lowest BCUT2D eigenvalue weighted by Gasteiger charge is -2.16. The fourth-order valence-corrected chi connectivity index (χ4v) is 1.83. The highest BCUT2D eigenvalue weighted by Crippen LogP contribution is 2.15. The van der Waals surface area contributed by atoms with Crippen LogP contribution in [0.1, 0.15) is 27.5 Å². The van der Waals surface area contributed by atoms with Crippen molar-refractivity contribution >= 4 is 5.91 Å². The van der Waals surface area contributed by atoms with Crippen LogP contribution in [0.5, 0.6) is 0 Å². The lowest BCUT2D eigenvalue weighted by molar-refractivity contribution is -0.608. The number of nitrogens with zero attached hydrogens (tertiary/aromatic N) is 3. The summed E-state index contributed by atoms with van der Waals surface area (Å²) in [5, 5.41) is 15.4. The molecule has 2 heterocycles. The molecular weight excluding hydrogens is 246 g/mol. The van der Waals surface area contributed by atoms with Gasteiger partial charge in [0.25, 0.3) is 5.69 Å². The Labute approximate surface area is 110 Å². The van der Waals surface area contributed by atoms with E-state index < -0.39 is 0 Å². The molecule has 0 aromatic carbocycles. The maximum absolute atomic E-state index is 12.2. The highest BCUT2D eigenvalue weighted by Gasteiger charge is 2.22. The Morgan fingerprint density at radius 1 is 1.47 bits per heavy atom. The molecule has 6 nitrogen and oxygen atoms in total. The molecule has 0 aliphatic rings. The predicted octanol–water partition coefficient (Wildman–Crippen LogP) is 1.20. The van der Waals surface area contributed by atoms with Crippen molar-refractivity contribution in [2.24, 2.45) is 0 Å². The third kappa shape index (κ3) is 2.57. The predicted molar refractivity (Wildman–Crippen MR) is 67.2 cm³/mol. The largest absolute Gasteiger partial charge is 0.618 e. The van der Waals surface area contributed by atoms with E-state index in [-0.39, 0.29) is 11.6 Å². The van der Waals surface area contributed by atoms with Crippen LogP contribution in [0.2, 0.25) is 0 Å². The molecule has 2 rings (SSSR count). The molecule has 0 radical (unpaired) electrons. The van der Waals surface area contributed by atoms with Crippen LogP contribution < -0.4 is 4.73 Å². The number of carbonyl (C=O) groups is 1. The van der Waals surface area contributed by atoms with Crippen molar-refractivity contribution in [2.45, 2.75) is 20.4 Å². The lowest BCUT2D eigenvalue weighted by Crippen LogP contribution is -2.39. The van der Waals surface area contributed by atoms with E-state index in [4.69, 9.17) is 4.52 Å². The molecule has 1 amide bonds. The van der Waals surface area contributed by atoms with E-state index in [1.165, 1.54) is 17.2 Å². The van der Waals surface area contributed by atoms with Crippen LogP contribution in [0.4, 0.5) is 0 Å². The van der Waals surface area contributed by atoms with Crippen molar-refractivity contribution in [1.82, 2.24) is 10.1 Å². The average molecular weight is 261 g/mol. The normalized spacial score (nSPS) is 10.5. The SMILES string of the molecule is Cc1noc(C)c1CN(C)C(=O)c1cccc[n+]1[O-]. The van der Waals surface area contributed by atoms with Crippen molar-refractivity contribution in [2.75, 3.05) is 7.05 Å². The average Bonchev–Trinajstić information content (AvgIpc) is 2.70. The summed E-state index contributed by atoms with van der Waals surface area (Å²) in [6.07, 6.45) is 1.30. The third-order valence-electron chi connectivity index (χ3n) is 2.97. The molecule has 0 atom stereocenters. The summed E-state index contributed by atoms with van der Waals surface area (Å²) in [7, 11) is 1.64. The summed E-state index contributed by atoms with van der Waals surface area (Å²) in [6.45, 7) is 3.97. The second-order valence-corrected chi connectivity index (χ2v) is 4.38. The van der Waals surface area contributed by atoms with E-state index in [9.17, 15) is 10.0 Å². The molecule has 0 unspecified atom stereocenters. The van der Waals surface area contributed by atoms with E-state index in [1.807, 2.05) is 6.92 Å². The number of amides is 1. The minimum atomic E-state index is -0.337. The Morgan fingerprint density at radius 3 is 2.79 bits per heavy atom. The van der Waals surface area contributed by atoms with Gasteiger partial charge in [-0.25, -0.2) is 0 Å². The molecule has 19 heavy (non-hydrogen) atoms. The van der Waals surface area contributed by atoms with Gasteiger partial charge in [0.15, 0.2) is 6.20 Å². The number of rotatable bonds is 3. The highest BCUT2D eigenvalue weighted by molar-refractivity contribution is 5.90. The smallest absolute Gasteiger partial charge is 0.320 e. The summed E-state index contributed by atoms with van der Waals surface area (Å²) in [4.78, 5) is 13.6. The highest BCUT2D eigenvalue weighted by atomic mass is 16.5. The number of hydrogen-bond donors (Lipinski definition) is 0. The molecule has 6 heteroatoms. The molecular formula is C13H15N3O3. The second-order valence-electron chi connectivity index (χ2n) is 4.38. The van der Waals surface area contributed by atoms with Crippen LogP contribution in [-0.2, 0) is 6.54 Å². The van der Waals surface area contributed by atoms with Gasteiger partial charge in [0.1, 0.15) is 5.76 Å². The van der Waals surface area contributed by atoms with Crippen molar-refractivity contribution in [3.63, 3.8) is 0 Å². The Kier molecular flexibility index (Phi) is 3.50. The summed E-state index contributed by atoms with van der Waals surface area (Å²) < 4.78 is 5.61. The Bertz CT molecular complexity index is 587. The van der Waals surface area contributed by atoms with Gasteiger partial charge in [-0.15, -0.1) is 0 Å². The number of aromatic nitrogens is 2. The van der Waals surface area contributed by atoms with E-state index in [1.54, 1.807) is 26.1 Å². The quantitative estimate of drug-likeness (QED) is 0.614. The molecule has 0 N–H and O–H groups in total. The number of carbonyl (C=O) groups excluding carboxylic acids is 1. The van der Waals surface area contributed by atoms with Gasteiger partial charge in [0, 0.05) is 24.7 Å². The van der Waals surface area contributed by atoms with Gasteiger partial charge in [-0.3, -0.25) is 4.79 Å². The fourth-order valence-electron chi connectivity index (χ4n) is 1.83. The van der Waals surface area contributed by atoms with Crippen molar-refractivity contribution in [1.29, 1.82) is 0 Å². The fraction of sp³-hybridized carbons (Fsp3) is 0.308. The van der Waals surface area contributed by atoms with E-state index >= 15 is 0 Å². The van der Waals surface area contributed by atoms with E-state index in [0.29, 0.717) is 17.0 Å². The van der Waals surface area contributed by atoms with Crippen LogP contribution in [0, 0.1) is 19.1 Å². The molecule has 0 saturated heterocycles. The maximum Gasteiger partial charge on any atom is 0.320 e. The zero-order valence-corrected chi connectivity index (χ0v) is 11.1. The topological polar surface area (TPSA) is 73.3 Å². The van der Waals surface area contributed by atoms with Crippen molar-refractivity contribution in [3.05, 3.63) is 52.3 Å². The molecule has 0 aliphatic carbocycles. The molecule has 0 fully saturated rings. The first-order chi connectivity index (χ1) is 9.00. The van der Waals surface area contributed by atoms with Crippen LogP contribution in [0.25, 0.3) is 0 Å². The molecule has 0 spiro atoms. The van der Waals surface area contributed by atoms with Gasteiger partial charge in [0.2, 0.25) is 0 Å². The maximum atomic E-state index is 12.2. The summed E-state index contributed by atoms with van der Waals surface area (Å²) in [6, 6.07) is 4.74. The Morgan fingerprint density at radius 2 is 2.21 bits per heavy atom. The van der Waals surface area contributed by atoms with Crippen molar-refractivity contribution in [3.8, 4) is 0 Å². The zero-order valence-electron chi connectivity index (χ0n) is 11.1. The lowest BCUT2D eigenvalue weighted by atomic mass is 10.2. The molecule has 0 aliphatic heterocycles. The van der Waals surface area contributed by atoms with Crippen molar-refractivity contribution < 1.29 is 14.0 Å². The first kappa shape index (κ1) is 13.1. The first-order valence-electron chi connectivity index (χ1n) is 5.86. The van der Waals surface area contributed by atoms with Crippen LogP contribution in [0.15, 0.2) is 28.9 Å². The van der Waals surface area contributed by atoms with Crippen LogP contribution in [-0.4, -0.2) is 23.0 Å². The summed E-state index contributed by atoms with van der Waals surface area (Å²) in [5.74, 6) is 0.343. The van der Waals surface area contributed by atoms with Gasteiger partial charge >= 0.3 is 5.91 Å². The summed E-state index contributed by atoms with van der Waals surface area (Å²) in [5.41, 5.74) is 1.71. The minimum absolute atomic E-state index is 0.0942. The van der Waals surface area contributed by atoms with Gasteiger partial charge in [-0.05, 0) is 19.9 Å². The zero-order chi connectivity index (χ0) is 14.0. The standard InChI is InChI=1S/C13H15N3O3/c1-9-11(10(2)19-14-9)8-15(3)13(17)12-6-4-5-7-16(12)18/h4-7H,8H2,1-3H3. The van der Waals surface area contributed by atoms with Gasteiger partial charge in [0.05, 0.1) is 12.2 Å². The second kappa shape index (κ2) is 5.09. The number of hydrogen-bond acceptors (Lipinski definition) is 4. The van der Waals surface area contributed by atoms with Gasteiger partial charge in [-0.1, -0.05) is 5.16 Å². The molecule has 0 bridgehead atoms. The van der Waals surface area contributed by atoms with E-state index in [2.05, 4.69) is 5.16 Å². The van der Waals surface area contributed by atoms with Crippen LogP contribution in [0.3, 0.4) is 0 Å². The number of aryl methyl sites for hydroxylation is 2. The molecule has 100 valence electrons. The van der Waals surface area contributed by atoms with Gasteiger partial charge in [-0.2, -0.15) is 4.73 Å². The van der Waals surface area contributed by atoms with Gasteiger partial charge < -0.3 is 14.6 Å². The Balaban J connectivity index is 2.19. The van der Waals surface area contributed by atoms with Crippen LogP contribution >= 0.6 is 0 Å². The third-order valence-corrected chi connectivity index (χ3v) is 2.97. The Hall–Kier alpha value is -2.37. The number of pyridine rings is 1. The minimum Gasteiger partial charge on any atom is -0.618 e. The molecule has 0 saturated carbocycles. The summed E-state index contributed by atoms with van der Waals surface area (Å²) >= 11 is 0.